The molecule has 8 nitrogen and oxygen atoms in total. The number of aryl methyl sites for hydroxylation is 2. The van der Waals surface area contributed by atoms with Crippen LogP contribution in [0.3, 0.4) is 0 Å². The number of guanidine groups is 1. The molecule has 1 N–H and O–H groups in total. The van der Waals surface area contributed by atoms with Crippen molar-refractivity contribution >= 4 is 11.9 Å². The molecule has 2 aliphatic rings. The quantitative estimate of drug-likeness (QED) is 0.362. The van der Waals surface area contributed by atoms with Gasteiger partial charge in [0, 0.05) is 46.1 Å². The summed E-state index contributed by atoms with van der Waals surface area (Å²) in [7, 11) is 3.27. The fraction of sp³-hybridized carbons (Fsp3) is 0.789. The van der Waals surface area contributed by atoms with Gasteiger partial charge in [0.05, 0.1) is 13.0 Å². The van der Waals surface area contributed by atoms with Gasteiger partial charge in [0.2, 0.25) is 0 Å². The van der Waals surface area contributed by atoms with E-state index in [1.807, 2.05) is 7.05 Å². The molecule has 0 radical (unpaired) electrons. The smallest absolute Gasteiger partial charge is 0.308 e. The number of hydrogen-bond acceptors (Lipinski definition) is 5. The van der Waals surface area contributed by atoms with E-state index in [4.69, 9.17) is 4.74 Å². The van der Waals surface area contributed by atoms with E-state index < -0.39 is 0 Å². The van der Waals surface area contributed by atoms with Crippen molar-refractivity contribution in [3.05, 3.63) is 11.6 Å². The first-order chi connectivity index (χ1) is 13.2. The molecule has 3 heterocycles. The second-order valence-corrected chi connectivity index (χ2v) is 7.36. The van der Waals surface area contributed by atoms with Crippen LogP contribution in [0.1, 0.15) is 50.2 Å². The van der Waals surface area contributed by atoms with Gasteiger partial charge >= 0.3 is 5.97 Å². The molecule has 1 aromatic heterocycles. The number of carbonyl (C=O) groups is 1. The molecule has 1 saturated heterocycles. The molecule has 1 fully saturated rings. The Morgan fingerprint density at radius 2 is 2.04 bits per heavy atom. The van der Waals surface area contributed by atoms with Gasteiger partial charge in [0.1, 0.15) is 11.6 Å². The van der Waals surface area contributed by atoms with Gasteiger partial charge in [-0.05, 0) is 32.1 Å². The van der Waals surface area contributed by atoms with Gasteiger partial charge in [0.25, 0.3) is 0 Å². The number of fused-ring (bicyclic) bond motifs is 1. The van der Waals surface area contributed by atoms with Crippen molar-refractivity contribution in [2.45, 2.75) is 57.9 Å². The molecule has 27 heavy (non-hydrogen) atoms. The number of methoxy groups -OCH3 is 1. The lowest BCUT2D eigenvalue weighted by molar-refractivity contribution is -0.146. The highest BCUT2D eigenvalue weighted by Crippen LogP contribution is 2.18. The van der Waals surface area contributed by atoms with Crippen molar-refractivity contribution in [3.63, 3.8) is 0 Å². The average molecular weight is 377 g/mol. The molecule has 0 atom stereocenters. The second-order valence-electron chi connectivity index (χ2n) is 7.36. The number of esters is 1. The number of aromatic nitrogens is 3. The normalized spacial score (nSPS) is 18.7. The molecule has 2 aliphatic heterocycles. The van der Waals surface area contributed by atoms with Crippen molar-refractivity contribution in [3.8, 4) is 0 Å². The summed E-state index contributed by atoms with van der Waals surface area (Å²) >= 11 is 0. The van der Waals surface area contributed by atoms with Gasteiger partial charge in [-0.3, -0.25) is 9.79 Å². The van der Waals surface area contributed by atoms with Crippen LogP contribution in [0.5, 0.6) is 0 Å². The fourth-order valence-electron chi connectivity index (χ4n) is 4.00. The van der Waals surface area contributed by atoms with Crippen LogP contribution in [-0.2, 0) is 28.9 Å². The maximum atomic E-state index is 11.7. The number of nitrogens with one attached hydrogen (secondary N) is 1. The summed E-state index contributed by atoms with van der Waals surface area (Å²) < 4.78 is 7.18. The highest BCUT2D eigenvalue weighted by atomic mass is 16.5. The number of carbonyl (C=O) groups excluding carboxylic acids is 1. The number of hydrogen-bond donors (Lipinski definition) is 1. The van der Waals surface area contributed by atoms with Crippen molar-refractivity contribution in [2.24, 2.45) is 10.9 Å². The zero-order valence-corrected chi connectivity index (χ0v) is 16.6. The highest BCUT2D eigenvalue weighted by Gasteiger charge is 2.26. The number of nitrogens with zero attached hydrogens (tertiary/aromatic N) is 5. The predicted octanol–water partition coefficient (Wildman–Crippen LogP) is 1.40. The molecule has 0 spiro atoms. The van der Waals surface area contributed by atoms with Gasteiger partial charge in [-0.15, -0.1) is 10.2 Å². The van der Waals surface area contributed by atoms with E-state index in [1.165, 1.54) is 26.4 Å². The SMILES string of the molecule is CN=C(NCCCc1nnc2n1CCCCC2)N1CCC(C(=O)OC)CC1. The summed E-state index contributed by atoms with van der Waals surface area (Å²) in [4.78, 5) is 18.3. The largest absolute Gasteiger partial charge is 0.469 e. The molecule has 0 aromatic carbocycles. The number of aliphatic imine (C=N–C) groups is 1. The minimum Gasteiger partial charge on any atom is -0.469 e. The summed E-state index contributed by atoms with van der Waals surface area (Å²) in [6, 6.07) is 0. The van der Waals surface area contributed by atoms with Crippen molar-refractivity contribution < 1.29 is 9.53 Å². The second kappa shape index (κ2) is 9.71. The Kier molecular flexibility index (Phi) is 7.06. The first-order valence-corrected chi connectivity index (χ1v) is 10.2. The number of ether oxygens (including phenoxy) is 1. The monoisotopic (exact) mass is 376 g/mol. The minimum atomic E-state index is -0.0926. The van der Waals surface area contributed by atoms with Gasteiger partial charge in [-0.1, -0.05) is 6.42 Å². The molecule has 0 aliphatic carbocycles. The first kappa shape index (κ1) is 19.6. The Morgan fingerprint density at radius 1 is 1.22 bits per heavy atom. The predicted molar refractivity (Wildman–Crippen MR) is 104 cm³/mol. The first-order valence-electron chi connectivity index (χ1n) is 10.2. The lowest BCUT2D eigenvalue weighted by Gasteiger charge is -2.33. The third-order valence-electron chi connectivity index (χ3n) is 5.59. The molecule has 0 amide bonds. The highest BCUT2D eigenvalue weighted by molar-refractivity contribution is 5.80. The summed E-state index contributed by atoms with van der Waals surface area (Å²) in [6.45, 7) is 3.57. The molecule has 150 valence electrons. The van der Waals surface area contributed by atoms with Crippen LogP contribution in [0.4, 0.5) is 0 Å². The van der Waals surface area contributed by atoms with E-state index in [0.717, 1.165) is 75.9 Å². The Hall–Kier alpha value is -2.12. The van der Waals surface area contributed by atoms with Crippen LogP contribution in [-0.4, -0.2) is 65.4 Å². The zero-order chi connectivity index (χ0) is 19.1. The molecular formula is C19H32N6O2. The third-order valence-corrected chi connectivity index (χ3v) is 5.59. The van der Waals surface area contributed by atoms with Crippen LogP contribution in [0.15, 0.2) is 4.99 Å². The Morgan fingerprint density at radius 3 is 2.78 bits per heavy atom. The van der Waals surface area contributed by atoms with E-state index in [1.54, 1.807) is 0 Å². The lowest BCUT2D eigenvalue weighted by Crippen LogP contribution is -2.46. The molecular weight excluding hydrogens is 344 g/mol. The van der Waals surface area contributed by atoms with Crippen LogP contribution < -0.4 is 5.32 Å². The average Bonchev–Trinajstić information content (AvgIpc) is 2.93. The van der Waals surface area contributed by atoms with Gasteiger partial charge < -0.3 is 19.5 Å². The van der Waals surface area contributed by atoms with Crippen molar-refractivity contribution in [2.75, 3.05) is 33.8 Å². The van der Waals surface area contributed by atoms with E-state index in [2.05, 4.69) is 30.0 Å². The Balaban J connectivity index is 1.42. The maximum Gasteiger partial charge on any atom is 0.308 e. The molecule has 0 bridgehead atoms. The molecule has 0 saturated carbocycles. The van der Waals surface area contributed by atoms with Gasteiger partial charge in [0.15, 0.2) is 5.96 Å². The van der Waals surface area contributed by atoms with E-state index in [0.29, 0.717) is 0 Å². The van der Waals surface area contributed by atoms with E-state index >= 15 is 0 Å². The van der Waals surface area contributed by atoms with Crippen LogP contribution in [0, 0.1) is 5.92 Å². The maximum absolute atomic E-state index is 11.7. The summed E-state index contributed by atoms with van der Waals surface area (Å²) in [5.41, 5.74) is 0. The molecule has 3 rings (SSSR count). The lowest BCUT2D eigenvalue weighted by atomic mass is 9.97. The van der Waals surface area contributed by atoms with Crippen LogP contribution in [0.2, 0.25) is 0 Å². The van der Waals surface area contributed by atoms with Gasteiger partial charge in [-0.25, -0.2) is 0 Å². The van der Waals surface area contributed by atoms with Crippen LogP contribution >= 0.6 is 0 Å². The van der Waals surface area contributed by atoms with Gasteiger partial charge in [-0.2, -0.15) is 0 Å². The zero-order valence-electron chi connectivity index (χ0n) is 16.6. The Bertz CT molecular complexity index is 649. The summed E-state index contributed by atoms with van der Waals surface area (Å²) in [5.74, 6) is 3.11. The third kappa shape index (κ3) is 4.99. The fourth-order valence-corrected chi connectivity index (χ4v) is 4.00. The van der Waals surface area contributed by atoms with Crippen LogP contribution in [0.25, 0.3) is 0 Å². The standard InChI is InChI=1S/C19H32N6O2/c1-20-19(24-13-9-15(10-14-24)18(26)27-2)21-11-6-8-17-23-22-16-7-4-3-5-12-25(16)17/h15H,3-14H2,1-2H3,(H,20,21). The number of rotatable bonds is 5. The van der Waals surface area contributed by atoms with E-state index in [-0.39, 0.29) is 11.9 Å². The molecule has 8 heteroatoms. The minimum absolute atomic E-state index is 0.0209. The number of likely N-dealkylation sites (tertiary alicyclic amines) is 1. The van der Waals surface area contributed by atoms with Crippen molar-refractivity contribution in [1.82, 2.24) is 25.0 Å². The molecule has 1 aromatic rings. The topological polar surface area (TPSA) is 84.6 Å². The number of piperidine rings is 1. The Labute approximate surface area is 161 Å². The summed E-state index contributed by atoms with van der Waals surface area (Å²) in [6.07, 6.45) is 8.36. The van der Waals surface area contributed by atoms with Crippen molar-refractivity contribution in [1.29, 1.82) is 0 Å². The molecule has 0 unspecified atom stereocenters. The van der Waals surface area contributed by atoms with E-state index in [9.17, 15) is 4.79 Å². The summed E-state index contributed by atoms with van der Waals surface area (Å²) in [5, 5.41) is 12.2.